The molecule has 0 bridgehead atoms. The van der Waals surface area contributed by atoms with Crippen molar-refractivity contribution >= 4 is 11.6 Å². The highest BCUT2D eigenvalue weighted by Gasteiger charge is 2.04. The lowest BCUT2D eigenvalue weighted by atomic mass is 10.2. The zero-order chi connectivity index (χ0) is 13.4. The van der Waals surface area contributed by atoms with Gasteiger partial charge in [-0.05, 0) is 31.5 Å². The quantitative estimate of drug-likeness (QED) is 0.614. The van der Waals surface area contributed by atoms with Crippen LogP contribution in [0.4, 0.5) is 5.69 Å². The maximum absolute atomic E-state index is 4.09. The summed E-state index contributed by atoms with van der Waals surface area (Å²) in [5, 5.41) is 6.28. The Morgan fingerprint density at radius 2 is 2.17 bits per heavy atom. The summed E-state index contributed by atoms with van der Waals surface area (Å²) in [5.74, 6) is 0.829. The van der Waals surface area contributed by atoms with Gasteiger partial charge in [0.25, 0.3) is 0 Å². The van der Waals surface area contributed by atoms with Crippen molar-refractivity contribution in [2.45, 2.75) is 13.8 Å². The van der Waals surface area contributed by atoms with Gasteiger partial charge < -0.3 is 15.5 Å². The summed E-state index contributed by atoms with van der Waals surface area (Å²) in [6.45, 7) is 7.13. The van der Waals surface area contributed by atoms with Crippen molar-refractivity contribution in [1.82, 2.24) is 10.6 Å². The molecule has 0 saturated carbocycles. The van der Waals surface area contributed by atoms with Crippen LogP contribution in [0.25, 0.3) is 0 Å². The third kappa shape index (κ3) is 4.28. The van der Waals surface area contributed by atoms with Gasteiger partial charge in [0.1, 0.15) is 0 Å². The summed E-state index contributed by atoms with van der Waals surface area (Å²) in [7, 11) is 3.64. The van der Waals surface area contributed by atoms with Crippen LogP contribution in [0.2, 0.25) is 0 Å². The van der Waals surface area contributed by atoms with E-state index in [1.54, 1.807) is 7.05 Å². The molecule has 4 nitrogen and oxygen atoms in total. The maximum atomic E-state index is 4.09. The van der Waals surface area contributed by atoms with Crippen LogP contribution < -0.4 is 15.5 Å². The third-order valence-corrected chi connectivity index (χ3v) is 2.88. The first-order chi connectivity index (χ1) is 8.71. The molecule has 0 amide bonds. The number of aryl methyl sites for hydroxylation is 1. The summed E-state index contributed by atoms with van der Waals surface area (Å²) in [6.07, 6.45) is 0. The molecule has 0 fully saturated rings. The van der Waals surface area contributed by atoms with Crippen LogP contribution in [0, 0.1) is 6.92 Å². The second kappa shape index (κ2) is 7.58. The van der Waals surface area contributed by atoms with Crippen molar-refractivity contribution in [3.05, 3.63) is 29.8 Å². The Kier molecular flexibility index (Phi) is 6.05. The molecule has 18 heavy (non-hydrogen) atoms. The summed E-state index contributed by atoms with van der Waals surface area (Å²) in [6, 6.07) is 8.60. The van der Waals surface area contributed by atoms with Gasteiger partial charge in [-0.2, -0.15) is 0 Å². The van der Waals surface area contributed by atoms with Gasteiger partial charge in [0.05, 0.1) is 0 Å². The lowest BCUT2D eigenvalue weighted by molar-refractivity contribution is 0.764. The van der Waals surface area contributed by atoms with Crippen LogP contribution in [-0.2, 0) is 0 Å². The van der Waals surface area contributed by atoms with Gasteiger partial charge in [0.2, 0.25) is 0 Å². The fraction of sp³-hybridized carbons (Fsp3) is 0.500. The highest BCUT2D eigenvalue weighted by Crippen LogP contribution is 2.14. The molecule has 0 aliphatic carbocycles. The first kappa shape index (κ1) is 14.4. The van der Waals surface area contributed by atoms with Crippen molar-refractivity contribution in [3.8, 4) is 0 Å². The molecule has 2 N–H and O–H groups in total. The highest BCUT2D eigenvalue weighted by atomic mass is 15.2. The molecule has 0 unspecified atom stereocenters. The zero-order valence-electron chi connectivity index (χ0n) is 11.8. The first-order valence-electron chi connectivity index (χ1n) is 6.41. The van der Waals surface area contributed by atoms with Crippen LogP contribution >= 0.6 is 0 Å². The van der Waals surface area contributed by atoms with Gasteiger partial charge in [-0.15, -0.1) is 0 Å². The summed E-state index contributed by atoms with van der Waals surface area (Å²) >= 11 is 0. The molecule has 0 spiro atoms. The first-order valence-corrected chi connectivity index (χ1v) is 6.41. The molecule has 0 atom stereocenters. The van der Waals surface area contributed by atoms with Crippen LogP contribution in [0.1, 0.15) is 12.5 Å². The van der Waals surface area contributed by atoms with Crippen LogP contribution in [-0.4, -0.2) is 39.7 Å². The van der Waals surface area contributed by atoms with E-state index in [4.69, 9.17) is 0 Å². The average Bonchev–Trinajstić information content (AvgIpc) is 2.39. The van der Waals surface area contributed by atoms with Crippen molar-refractivity contribution in [3.63, 3.8) is 0 Å². The molecule has 0 aliphatic heterocycles. The lowest BCUT2D eigenvalue weighted by Gasteiger charge is -2.24. The number of aliphatic imine (C=N–C) groups is 1. The van der Waals surface area contributed by atoms with E-state index < -0.39 is 0 Å². The smallest absolute Gasteiger partial charge is 0.190 e. The summed E-state index contributed by atoms with van der Waals surface area (Å²) < 4.78 is 0. The second-order valence-electron chi connectivity index (χ2n) is 4.17. The number of nitrogens with zero attached hydrogens (tertiary/aromatic N) is 2. The number of rotatable bonds is 5. The van der Waals surface area contributed by atoms with E-state index in [1.807, 2.05) is 7.05 Å². The normalized spacial score (nSPS) is 11.2. The van der Waals surface area contributed by atoms with Gasteiger partial charge in [0, 0.05) is 39.4 Å². The van der Waals surface area contributed by atoms with Crippen LogP contribution in [0.5, 0.6) is 0 Å². The van der Waals surface area contributed by atoms with Gasteiger partial charge >= 0.3 is 0 Å². The number of nitrogens with one attached hydrogen (secondary N) is 2. The van der Waals surface area contributed by atoms with Crippen LogP contribution in [0.3, 0.4) is 0 Å². The maximum Gasteiger partial charge on any atom is 0.190 e. The molecular weight excluding hydrogens is 224 g/mol. The molecule has 0 aromatic heterocycles. The van der Waals surface area contributed by atoms with Crippen molar-refractivity contribution in [2.75, 3.05) is 38.6 Å². The molecule has 1 aromatic rings. The zero-order valence-corrected chi connectivity index (χ0v) is 11.8. The number of guanidine groups is 1. The fourth-order valence-corrected chi connectivity index (χ4v) is 1.88. The monoisotopic (exact) mass is 248 g/mol. The average molecular weight is 248 g/mol. The fourth-order valence-electron chi connectivity index (χ4n) is 1.88. The molecule has 1 rings (SSSR count). The van der Waals surface area contributed by atoms with E-state index in [0.717, 1.165) is 25.6 Å². The number of anilines is 1. The van der Waals surface area contributed by atoms with Crippen molar-refractivity contribution in [2.24, 2.45) is 4.99 Å². The Morgan fingerprint density at radius 1 is 1.39 bits per heavy atom. The number of hydrogen-bond acceptors (Lipinski definition) is 2. The minimum atomic E-state index is 0.829. The second-order valence-corrected chi connectivity index (χ2v) is 4.17. The van der Waals surface area contributed by atoms with E-state index in [1.165, 1.54) is 11.3 Å². The molecule has 4 heteroatoms. The van der Waals surface area contributed by atoms with Gasteiger partial charge in [-0.1, -0.05) is 12.1 Å². The Labute approximate surface area is 110 Å². The van der Waals surface area contributed by atoms with Crippen LogP contribution in [0.15, 0.2) is 29.3 Å². The lowest BCUT2D eigenvalue weighted by Crippen LogP contribution is -2.40. The van der Waals surface area contributed by atoms with Gasteiger partial charge in [-0.25, -0.2) is 0 Å². The predicted octanol–water partition coefficient (Wildman–Crippen LogP) is 1.62. The standard InChI is InChI=1S/C14H24N4/c1-5-18(10-9-17-14(15-3)16-4)13-8-6-7-12(2)11-13/h6-8,11H,5,9-10H2,1-4H3,(H2,15,16,17). The topological polar surface area (TPSA) is 39.7 Å². The Hall–Kier alpha value is -1.71. The van der Waals surface area contributed by atoms with Crippen molar-refractivity contribution < 1.29 is 0 Å². The Balaban J connectivity index is 2.53. The number of hydrogen-bond donors (Lipinski definition) is 2. The molecule has 0 aliphatic rings. The van der Waals surface area contributed by atoms with Gasteiger partial charge in [0.15, 0.2) is 5.96 Å². The molecule has 0 heterocycles. The largest absolute Gasteiger partial charge is 0.370 e. The molecule has 0 radical (unpaired) electrons. The minimum Gasteiger partial charge on any atom is -0.370 e. The molecule has 1 aromatic carbocycles. The molecule has 0 saturated heterocycles. The summed E-state index contributed by atoms with van der Waals surface area (Å²) in [5.41, 5.74) is 2.57. The Morgan fingerprint density at radius 3 is 2.72 bits per heavy atom. The molecular formula is C14H24N4. The van der Waals surface area contributed by atoms with Crippen molar-refractivity contribution in [1.29, 1.82) is 0 Å². The van der Waals surface area contributed by atoms with E-state index in [0.29, 0.717) is 0 Å². The highest BCUT2D eigenvalue weighted by molar-refractivity contribution is 5.79. The number of likely N-dealkylation sites (N-methyl/N-ethyl adjacent to an activating group) is 1. The van der Waals surface area contributed by atoms with E-state index in [9.17, 15) is 0 Å². The minimum absolute atomic E-state index is 0.829. The molecule has 100 valence electrons. The number of benzene rings is 1. The Bertz CT molecular complexity index is 387. The van der Waals surface area contributed by atoms with E-state index >= 15 is 0 Å². The summed E-state index contributed by atoms with van der Waals surface area (Å²) in [4.78, 5) is 6.44. The predicted molar refractivity (Wildman–Crippen MR) is 79.5 cm³/mol. The SMILES string of the molecule is CCN(CCNC(=NC)NC)c1cccc(C)c1. The third-order valence-electron chi connectivity index (χ3n) is 2.88. The van der Waals surface area contributed by atoms with Gasteiger partial charge in [-0.3, -0.25) is 4.99 Å². The van der Waals surface area contributed by atoms with E-state index in [2.05, 4.69) is 58.6 Å². The van der Waals surface area contributed by atoms with E-state index in [-0.39, 0.29) is 0 Å².